The highest BCUT2D eigenvalue weighted by atomic mass is 79.9. The summed E-state index contributed by atoms with van der Waals surface area (Å²) in [6, 6.07) is 6.82. The van der Waals surface area contributed by atoms with Crippen molar-refractivity contribution in [2.24, 2.45) is 0 Å². The highest BCUT2D eigenvalue weighted by molar-refractivity contribution is 9.10. The molecule has 0 saturated heterocycles. The van der Waals surface area contributed by atoms with Crippen LogP contribution in [0.5, 0.6) is 0 Å². The summed E-state index contributed by atoms with van der Waals surface area (Å²) in [7, 11) is -3.37. The second kappa shape index (κ2) is 6.09. The molecule has 23 heavy (non-hydrogen) atoms. The normalized spacial score (nSPS) is 16.7. The Bertz CT molecular complexity index is 861. The van der Waals surface area contributed by atoms with Gasteiger partial charge in [-0.15, -0.1) is 0 Å². The van der Waals surface area contributed by atoms with Gasteiger partial charge in [0.1, 0.15) is 0 Å². The monoisotopic (exact) mass is 397 g/mol. The van der Waals surface area contributed by atoms with E-state index in [1.807, 2.05) is 6.92 Å². The predicted molar refractivity (Wildman–Crippen MR) is 88.9 cm³/mol. The predicted octanol–water partition coefficient (Wildman–Crippen LogP) is 2.16. The lowest BCUT2D eigenvalue weighted by Gasteiger charge is -2.19. The summed E-state index contributed by atoms with van der Waals surface area (Å²) in [5.74, 6) is -0.363. The number of carbonyl (C=O) groups is 1. The summed E-state index contributed by atoms with van der Waals surface area (Å²) in [6.07, 6.45) is 0.720. The van der Waals surface area contributed by atoms with Crippen molar-refractivity contribution in [2.75, 3.05) is 12.3 Å². The third kappa shape index (κ3) is 2.92. The van der Waals surface area contributed by atoms with Gasteiger partial charge in [0.2, 0.25) is 0 Å². The number of fused-ring (bicyclic) bond motifs is 1. The average molecular weight is 398 g/mol. The van der Waals surface area contributed by atoms with E-state index in [0.717, 1.165) is 12.1 Å². The molecule has 6 nitrogen and oxygen atoms in total. The minimum atomic E-state index is -3.37. The van der Waals surface area contributed by atoms with Crippen molar-refractivity contribution >= 4 is 31.7 Å². The van der Waals surface area contributed by atoms with Crippen LogP contribution >= 0.6 is 15.9 Å². The summed E-state index contributed by atoms with van der Waals surface area (Å²) < 4.78 is 25.3. The third-order valence-corrected chi connectivity index (χ3v) is 6.56. The number of aromatic nitrogens is 2. The molecule has 0 atom stereocenters. The van der Waals surface area contributed by atoms with Crippen LogP contribution in [0.25, 0.3) is 0 Å². The number of rotatable bonds is 2. The van der Waals surface area contributed by atoms with Crippen LogP contribution in [0.4, 0.5) is 0 Å². The molecule has 2 heterocycles. The number of nitrogens with one attached hydrogen (secondary N) is 1. The molecule has 8 heteroatoms. The Morgan fingerprint density at radius 3 is 2.83 bits per heavy atom. The van der Waals surface area contributed by atoms with Gasteiger partial charge in [-0.05, 0) is 34.0 Å². The summed E-state index contributed by atoms with van der Waals surface area (Å²) >= 11 is 3.39. The van der Waals surface area contributed by atoms with Crippen LogP contribution in [0.15, 0.2) is 33.6 Å². The number of sulfone groups is 1. The SMILES string of the molecule is CCc1[nH]nc(C(=O)N2CCS(=O)(=O)c3ccccc3C2)c1Br. The number of carbonyl (C=O) groups excluding carboxylic acids is 1. The molecular formula is C15H16BrN3O3S. The van der Waals surface area contributed by atoms with Gasteiger partial charge in [-0.2, -0.15) is 5.10 Å². The van der Waals surface area contributed by atoms with Crippen molar-refractivity contribution < 1.29 is 13.2 Å². The molecule has 0 aliphatic carbocycles. The maximum Gasteiger partial charge on any atom is 0.275 e. The topological polar surface area (TPSA) is 83.1 Å². The largest absolute Gasteiger partial charge is 0.332 e. The number of H-pyrrole nitrogens is 1. The highest BCUT2D eigenvalue weighted by Crippen LogP contribution is 2.26. The average Bonchev–Trinajstić information content (AvgIpc) is 2.85. The Labute approximate surface area is 142 Å². The van der Waals surface area contributed by atoms with Gasteiger partial charge in [0.15, 0.2) is 15.5 Å². The Morgan fingerprint density at radius 2 is 2.13 bits per heavy atom. The molecule has 0 saturated carbocycles. The van der Waals surface area contributed by atoms with E-state index in [1.54, 1.807) is 24.3 Å². The van der Waals surface area contributed by atoms with E-state index >= 15 is 0 Å². The van der Waals surface area contributed by atoms with E-state index in [0.29, 0.717) is 20.6 Å². The van der Waals surface area contributed by atoms with E-state index < -0.39 is 9.84 Å². The molecule has 1 aliphatic rings. The molecular weight excluding hydrogens is 382 g/mol. The molecule has 1 N–H and O–H groups in total. The van der Waals surface area contributed by atoms with Crippen LogP contribution in [-0.2, 0) is 22.8 Å². The zero-order valence-electron chi connectivity index (χ0n) is 12.5. The van der Waals surface area contributed by atoms with Crippen LogP contribution < -0.4 is 0 Å². The van der Waals surface area contributed by atoms with Crippen molar-refractivity contribution in [3.8, 4) is 0 Å². The Hall–Kier alpha value is -1.67. The number of nitrogens with zero attached hydrogens (tertiary/aromatic N) is 2. The van der Waals surface area contributed by atoms with Crippen LogP contribution in [-0.4, -0.2) is 41.7 Å². The first kappa shape index (κ1) is 16.2. The molecule has 122 valence electrons. The Morgan fingerprint density at radius 1 is 1.39 bits per heavy atom. The molecule has 0 spiro atoms. The maximum absolute atomic E-state index is 12.7. The Kier molecular flexibility index (Phi) is 4.29. The second-order valence-electron chi connectivity index (χ2n) is 5.37. The summed E-state index contributed by atoms with van der Waals surface area (Å²) in [5, 5.41) is 6.90. The van der Waals surface area contributed by atoms with Gasteiger partial charge in [0, 0.05) is 18.8 Å². The number of aryl methyl sites for hydroxylation is 1. The first-order valence-corrected chi connectivity index (χ1v) is 9.71. The fourth-order valence-corrected chi connectivity index (χ4v) is 4.75. The van der Waals surface area contributed by atoms with Gasteiger partial charge in [-0.3, -0.25) is 9.89 Å². The number of hydrogen-bond acceptors (Lipinski definition) is 4. The van der Waals surface area contributed by atoms with Crippen LogP contribution in [0.3, 0.4) is 0 Å². The van der Waals surface area contributed by atoms with Gasteiger partial charge < -0.3 is 4.90 Å². The molecule has 1 aromatic carbocycles. The number of aromatic amines is 1. The molecule has 1 aromatic heterocycles. The quantitative estimate of drug-likeness (QED) is 0.841. The fourth-order valence-electron chi connectivity index (χ4n) is 2.63. The minimum Gasteiger partial charge on any atom is -0.332 e. The number of benzene rings is 1. The number of hydrogen-bond donors (Lipinski definition) is 1. The molecule has 3 rings (SSSR count). The van der Waals surface area contributed by atoms with Crippen LogP contribution in [0.1, 0.15) is 28.7 Å². The lowest BCUT2D eigenvalue weighted by atomic mass is 10.2. The van der Waals surface area contributed by atoms with Gasteiger partial charge >= 0.3 is 0 Å². The maximum atomic E-state index is 12.7. The summed E-state index contributed by atoms with van der Waals surface area (Å²) in [6.45, 7) is 2.37. The molecule has 1 amide bonds. The lowest BCUT2D eigenvalue weighted by molar-refractivity contribution is 0.0747. The molecule has 2 aromatic rings. The second-order valence-corrected chi connectivity index (χ2v) is 8.24. The number of halogens is 1. The fraction of sp³-hybridized carbons (Fsp3) is 0.333. The van der Waals surface area contributed by atoms with Crippen LogP contribution in [0.2, 0.25) is 0 Å². The number of amides is 1. The van der Waals surface area contributed by atoms with Crippen molar-refractivity contribution in [1.29, 1.82) is 0 Å². The van der Waals surface area contributed by atoms with Crippen molar-refractivity contribution in [3.05, 3.63) is 45.7 Å². The Balaban J connectivity index is 1.96. The first-order chi connectivity index (χ1) is 10.9. The molecule has 0 bridgehead atoms. The first-order valence-electron chi connectivity index (χ1n) is 7.26. The third-order valence-electron chi connectivity index (χ3n) is 3.92. The zero-order chi connectivity index (χ0) is 16.6. The van der Waals surface area contributed by atoms with Gasteiger partial charge in [0.05, 0.1) is 15.1 Å². The van der Waals surface area contributed by atoms with E-state index in [4.69, 9.17) is 0 Å². The van der Waals surface area contributed by atoms with Crippen LogP contribution in [0, 0.1) is 0 Å². The molecule has 1 aliphatic heterocycles. The lowest BCUT2D eigenvalue weighted by Crippen LogP contribution is -2.33. The smallest absolute Gasteiger partial charge is 0.275 e. The van der Waals surface area contributed by atoms with Crippen molar-refractivity contribution in [3.63, 3.8) is 0 Å². The highest BCUT2D eigenvalue weighted by Gasteiger charge is 2.30. The molecule has 0 fully saturated rings. The zero-order valence-corrected chi connectivity index (χ0v) is 14.9. The standard InChI is InChI=1S/C15H16BrN3O3S/c1-2-11-13(16)14(18-17-11)15(20)19-7-8-23(21,22)12-6-4-3-5-10(12)9-19/h3-6H,2,7-9H2,1H3,(H,17,18). The molecule has 0 radical (unpaired) electrons. The van der Waals surface area contributed by atoms with Crippen molar-refractivity contribution in [1.82, 2.24) is 15.1 Å². The van der Waals surface area contributed by atoms with E-state index in [-0.39, 0.29) is 24.7 Å². The van der Waals surface area contributed by atoms with Gasteiger partial charge in [0.25, 0.3) is 5.91 Å². The minimum absolute atomic E-state index is 0.0849. The molecule has 0 unspecified atom stereocenters. The van der Waals surface area contributed by atoms with E-state index in [9.17, 15) is 13.2 Å². The summed E-state index contributed by atoms with van der Waals surface area (Å²) in [5.41, 5.74) is 1.77. The van der Waals surface area contributed by atoms with Gasteiger partial charge in [-0.1, -0.05) is 25.1 Å². The van der Waals surface area contributed by atoms with E-state index in [2.05, 4.69) is 26.1 Å². The summed E-state index contributed by atoms with van der Waals surface area (Å²) in [4.78, 5) is 14.6. The van der Waals surface area contributed by atoms with Crippen molar-refractivity contribution in [2.45, 2.75) is 24.8 Å². The van der Waals surface area contributed by atoms with E-state index in [1.165, 1.54) is 4.90 Å². The van der Waals surface area contributed by atoms with Gasteiger partial charge in [-0.25, -0.2) is 8.42 Å².